The summed E-state index contributed by atoms with van der Waals surface area (Å²) in [7, 11) is 1.94. The van der Waals surface area contributed by atoms with E-state index >= 15 is 0 Å². The fourth-order valence-electron chi connectivity index (χ4n) is 2.13. The van der Waals surface area contributed by atoms with Crippen molar-refractivity contribution in [3.8, 4) is 11.1 Å². The van der Waals surface area contributed by atoms with Crippen molar-refractivity contribution >= 4 is 5.69 Å². The van der Waals surface area contributed by atoms with Crippen LogP contribution < -0.4 is 5.32 Å². The zero-order valence-electron chi connectivity index (χ0n) is 11.6. The molecule has 2 rings (SSSR count). The minimum atomic E-state index is 0.570. The first-order valence-corrected chi connectivity index (χ1v) is 6.50. The lowest BCUT2D eigenvalue weighted by Crippen LogP contribution is -1.91. The minimum Gasteiger partial charge on any atom is -0.388 e. The van der Waals surface area contributed by atoms with E-state index in [4.69, 9.17) is 0 Å². The second kappa shape index (κ2) is 5.26. The Hall–Kier alpha value is -1.76. The third kappa shape index (κ3) is 2.56. The summed E-state index contributed by atoms with van der Waals surface area (Å²) >= 11 is 0. The zero-order valence-corrected chi connectivity index (χ0v) is 11.6. The smallest absolute Gasteiger partial charge is 0.0337 e. The van der Waals surface area contributed by atoms with Crippen molar-refractivity contribution in [2.24, 2.45) is 0 Å². The van der Waals surface area contributed by atoms with Crippen LogP contribution in [0.5, 0.6) is 0 Å². The van der Waals surface area contributed by atoms with Gasteiger partial charge in [-0.2, -0.15) is 0 Å². The average molecular weight is 239 g/mol. The first-order valence-electron chi connectivity index (χ1n) is 6.50. The molecule has 1 heteroatoms. The van der Waals surface area contributed by atoms with Crippen LogP contribution in [-0.2, 0) is 0 Å². The lowest BCUT2D eigenvalue weighted by Gasteiger charge is -2.12. The zero-order chi connectivity index (χ0) is 13.1. The molecule has 94 valence electrons. The quantitative estimate of drug-likeness (QED) is 0.809. The highest BCUT2D eigenvalue weighted by molar-refractivity contribution is 5.70. The predicted octanol–water partition coefficient (Wildman–Crippen LogP) is 4.83. The van der Waals surface area contributed by atoms with Gasteiger partial charge in [-0.1, -0.05) is 44.2 Å². The van der Waals surface area contributed by atoms with E-state index in [2.05, 4.69) is 68.6 Å². The maximum atomic E-state index is 3.15. The van der Waals surface area contributed by atoms with E-state index in [1.54, 1.807) is 0 Å². The monoisotopic (exact) mass is 239 g/mol. The van der Waals surface area contributed by atoms with Crippen LogP contribution in [0.3, 0.4) is 0 Å². The summed E-state index contributed by atoms with van der Waals surface area (Å²) in [5.41, 5.74) is 6.50. The first-order chi connectivity index (χ1) is 8.61. The second-order valence-electron chi connectivity index (χ2n) is 5.06. The Morgan fingerprint density at radius 1 is 0.944 bits per heavy atom. The van der Waals surface area contributed by atoms with Gasteiger partial charge >= 0.3 is 0 Å². The normalized spacial score (nSPS) is 10.7. The fourth-order valence-corrected chi connectivity index (χ4v) is 2.13. The van der Waals surface area contributed by atoms with Crippen LogP contribution in [-0.4, -0.2) is 7.05 Å². The SMILES string of the molecule is CNc1ccc(-c2cc(C(C)C)ccc2C)cc1. The van der Waals surface area contributed by atoms with E-state index in [0.29, 0.717) is 5.92 Å². The molecule has 0 bridgehead atoms. The van der Waals surface area contributed by atoms with Crippen molar-refractivity contribution in [1.82, 2.24) is 0 Å². The molecule has 0 spiro atoms. The Balaban J connectivity index is 2.45. The molecule has 0 atom stereocenters. The van der Waals surface area contributed by atoms with Crippen LogP contribution >= 0.6 is 0 Å². The van der Waals surface area contributed by atoms with Crippen LogP contribution in [0, 0.1) is 6.92 Å². The largest absolute Gasteiger partial charge is 0.388 e. The van der Waals surface area contributed by atoms with Crippen molar-refractivity contribution in [2.45, 2.75) is 26.7 Å². The van der Waals surface area contributed by atoms with Gasteiger partial charge in [-0.05, 0) is 47.2 Å². The lowest BCUT2D eigenvalue weighted by molar-refractivity contribution is 0.866. The molecule has 1 N–H and O–H groups in total. The standard InChI is InChI=1S/C17H21N/c1-12(2)15-6-5-13(3)17(11-15)14-7-9-16(18-4)10-8-14/h5-12,18H,1-4H3. The van der Waals surface area contributed by atoms with Crippen molar-refractivity contribution in [3.63, 3.8) is 0 Å². The molecule has 0 unspecified atom stereocenters. The molecule has 0 aromatic heterocycles. The van der Waals surface area contributed by atoms with E-state index in [0.717, 1.165) is 5.69 Å². The van der Waals surface area contributed by atoms with Crippen molar-refractivity contribution in [3.05, 3.63) is 53.6 Å². The summed E-state index contributed by atoms with van der Waals surface area (Å²) in [5, 5.41) is 3.15. The van der Waals surface area contributed by atoms with Gasteiger partial charge in [0, 0.05) is 12.7 Å². The maximum absolute atomic E-state index is 3.15. The second-order valence-corrected chi connectivity index (χ2v) is 5.06. The Bertz CT molecular complexity index is 524. The number of benzene rings is 2. The molecule has 0 aliphatic heterocycles. The summed E-state index contributed by atoms with van der Waals surface area (Å²) in [4.78, 5) is 0. The maximum Gasteiger partial charge on any atom is 0.0337 e. The number of nitrogens with one attached hydrogen (secondary N) is 1. The van der Waals surface area contributed by atoms with Crippen molar-refractivity contribution in [2.75, 3.05) is 12.4 Å². The van der Waals surface area contributed by atoms with Gasteiger partial charge in [0.15, 0.2) is 0 Å². The molecule has 0 saturated carbocycles. The van der Waals surface area contributed by atoms with Gasteiger partial charge in [0.25, 0.3) is 0 Å². The molecule has 1 nitrogen and oxygen atoms in total. The number of aryl methyl sites for hydroxylation is 1. The minimum absolute atomic E-state index is 0.570. The van der Waals surface area contributed by atoms with Gasteiger partial charge in [-0.25, -0.2) is 0 Å². The molecule has 2 aromatic carbocycles. The van der Waals surface area contributed by atoms with Gasteiger partial charge in [0.05, 0.1) is 0 Å². The molecule has 0 fully saturated rings. The Labute approximate surface area is 110 Å². The average Bonchev–Trinajstić information content (AvgIpc) is 2.39. The highest BCUT2D eigenvalue weighted by Gasteiger charge is 2.05. The highest BCUT2D eigenvalue weighted by Crippen LogP contribution is 2.28. The molecule has 0 heterocycles. The number of hydrogen-bond donors (Lipinski definition) is 1. The molecular weight excluding hydrogens is 218 g/mol. The third-order valence-electron chi connectivity index (χ3n) is 3.41. The highest BCUT2D eigenvalue weighted by atomic mass is 14.8. The first kappa shape index (κ1) is 12.7. The summed E-state index contributed by atoms with van der Waals surface area (Å²) in [6, 6.07) is 15.4. The van der Waals surface area contributed by atoms with Crippen LogP contribution in [0.25, 0.3) is 11.1 Å². The van der Waals surface area contributed by atoms with Crippen LogP contribution in [0.1, 0.15) is 30.9 Å². The Kier molecular flexibility index (Phi) is 3.71. The van der Waals surface area contributed by atoms with Gasteiger partial charge < -0.3 is 5.32 Å². The molecule has 0 aliphatic rings. The summed E-state index contributed by atoms with van der Waals surface area (Å²) in [6.07, 6.45) is 0. The summed E-state index contributed by atoms with van der Waals surface area (Å²) in [5.74, 6) is 0.570. The Morgan fingerprint density at radius 2 is 1.61 bits per heavy atom. The van der Waals surface area contributed by atoms with Crippen LogP contribution in [0.2, 0.25) is 0 Å². The predicted molar refractivity (Wildman–Crippen MR) is 80.3 cm³/mol. The van der Waals surface area contributed by atoms with Crippen molar-refractivity contribution < 1.29 is 0 Å². The fraction of sp³-hybridized carbons (Fsp3) is 0.294. The Morgan fingerprint density at radius 3 is 2.17 bits per heavy atom. The summed E-state index contributed by atoms with van der Waals surface area (Å²) in [6.45, 7) is 6.64. The number of rotatable bonds is 3. The van der Waals surface area contributed by atoms with Gasteiger partial charge in [0.1, 0.15) is 0 Å². The van der Waals surface area contributed by atoms with E-state index in [-0.39, 0.29) is 0 Å². The number of anilines is 1. The van der Waals surface area contributed by atoms with E-state index in [1.807, 2.05) is 7.05 Å². The molecule has 0 radical (unpaired) electrons. The van der Waals surface area contributed by atoms with E-state index in [9.17, 15) is 0 Å². The third-order valence-corrected chi connectivity index (χ3v) is 3.41. The van der Waals surface area contributed by atoms with Crippen LogP contribution in [0.15, 0.2) is 42.5 Å². The summed E-state index contributed by atoms with van der Waals surface area (Å²) < 4.78 is 0. The molecule has 2 aromatic rings. The van der Waals surface area contributed by atoms with E-state index < -0.39 is 0 Å². The molecule has 0 aliphatic carbocycles. The molecular formula is C17H21N. The molecule has 0 saturated heterocycles. The topological polar surface area (TPSA) is 12.0 Å². The molecule has 0 amide bonds. The van der Waals surface area contributed by atoms with Gasteiger partial charge in [-0.3, -0.25) is 0 Å². The molecule has 18 heavy (non-hydrogen) atoms. The number of hydrogen-bond acceptors (Lipinski definition) is 1. The lowest BCUT2D eigenvalue weighted by atomic mass is 9.94. The van der Waals surface area contributed by atoms with Gasteiger partial charge in [-0.15, -0.1) is 0 Å². The van der Waals surface area contributed by atoms with E-state index in [1.165, 1.54) is 22.3 Å². The van der Waals surface area contributed by atoms with Gasteiger partial charge in [0.2, 0.25) is 0 Å². The van der Waals surface area contributed by atoms with Crippen LogP contribution in [0.4, 0.5) is 5.69 Å². The van der Waals surface area contributed by atoms with Crippen molar-refractivity contribution in [1.29, 1.82) is 0 Å².